The lowest BCUT2D eigenvalue weighted by Crippen LogP contribution is -2.30. The standard InChI is InChI=1S/C16H23N3O4/c1-20-9-7-19(8-10-21-2)12-15-17-16(18-23-15)13-5-4-6-14(11-13)22-3/h4-6,11H,7-10,12H2,1-3H3. The van der Waals surface area contributed by atoms with E-state index in [9.17, 15) is 0 Å². The molecule has 0 fully saturated rings. The normalized spacial score (nSPS) is 11.1. The molecule has 0 radical (unpaired) electrons. The van der Waals surface area contributed by atoms with Gasteiger partial charge in [-0.15, -0.1) is 0 Å². The molecule has 0 aliphatic rings. The predicted molar refractivity (Wildman–Crippen MR) is 85.3 cm³/mol. The molecule has 0 saturated carbocycles. The molecule has 0 saturated heterocycles. The highest BCUT2D eigenvalue weighted by Gasteiger charge is 2.13. The molecule has 0 atom stereocenters. The molecule has 2 aromatic rings. The third kappa shape index (κ3) is 5.31. The molecule has 1 aromatic carbocycles. The average Bonchev–Trinajstić information content (AvgIpc) is 3.06. The van der Waals surface area contributed by atoms with Crippen LogP contribution < -0.4 is 4.74 Å². The lowest BCUT2D eigenvalue weighted by Gasteiger charge is -2.19. The summed E-state index contributed by atoms with van der Waals surface area (Å²) in [5, 5.41) is 4.04. The Hall–Kier alpha value is -1.96. The van der Waals surface area contributed by atoms with Gasteiger partial charge in [0, 0.05) is 32.9 Å². The monoisotopic (exact) mass is 321 g/mol. The fourth-order valence-electron chi connectivity index (χ4n) is 2.10. The van der Waals surface area contributed by atoms with Gasteiger partial charge in [-0.05, 0) is 12.1 Å². The van der Waals surface area contributed by atoms with Crippen molar-refractivity contribution in [3.8, 4) is 17.1 Å². The minimum atomic E-state index is 0.553. The summed E-state index contributed by atoms with van der Waals surface area (Å²) in [6.07, 6.45) is 0. The van der Waals surface area contributed by atoms with Crippen molar-refractivity contribution in [2.24, 2.45) is 0 Å². The van der Waals surface area contributed by atoms with Gasteiger partial charge in [-0.2, -0.15) is 4.98 Å². The summed E-state index contributed by atoms with van der Waals surface area (Å²) >= 11 is 0. The molecule has 0 spiro atoms. The van der Waals surface area contributed by atoms with E-state index in [1.54, 1.807) is 21.3 Å². The molecule has 2 rings (SSSR count). The van der Waals surface area contributed by atoms with Gasteiger partial charge in [0.15, 0.2) is 0 Å². The van der Waals surface area contributed by atoms with Gasteiger partial charge < -0.3 is 18.7 Å². The predicted octanol–water partition coefficient (Wildman–Crippen LogP) is 1.84. The van der Waals surface area contributed by atoms with Gasteiger partial charge in [0.25, 0.3) is 0 Å². The molecule has 1 heterocycles. The van der Waals surface area contributed by atoms with E-state index in [1.807, 2.05) is 24.3 Å². The van der Waals surface area contributed by atoms with E-state index >= 15 is 0 Å². The maximum atomic E-state index is 5.36. The van der Waals surface area contributed by atoms with Crippen LogP contribution in [0.15, 0.2) is 28.8 Å². The fraction of sp³-hybridized carbons (Fsp3) is 0.500. The molecule has 7 nitrogen and oxygen atoms in total. The van der Waals surface area contributed by atoms with Gasteiger partial charge >= 0.3 is 0 Å². The molecular formula is C16H23N3O4. The molecule has 0 aliphatic heterocycles. The molecule has 0 bridgehead atoms. The van der Waals surface area contributed by atoms with Crippen LogP contribution in [0.3, 0.4) is 0 Å². The van der Waals surface area contributed by atoms with Crippen molar-refractivity contribution >= 4 is 0 Å². The van der Waals surface area contributed by atoms with Crippen LogP contribution in [0.5, 0.6) is 5.75 Å². The number of rotatable bonds is 10. The summed E-state index contributed by atoms with van der Waals surface area (Å²) in [5.74, 6) is 1.88. The largest absolute Gasteiger partial charge is 0.497 e. The summed E-state index contributed by atoms with van der Waals surface area (Å²) in [7, 11) is 4.99. The second kappa shape index (κ2) is 9.24. The first-order chi connectivity index (χ1) is 11.3. The summed E-state index contributed by atoms with van der Waals surface area (Å²) in [6, 6.07) is 7.57. The summed E-state index contributed by atoms with van der Waals surface area (Å²) < 4.78 is 20.8. The van der Waals surface area contributed by atoms with Crippen LogP contribution in [0.4, 0.5) is 0 Å². The number of hydrogen-bond acceptors (Lipinski definition) is 7. The minimum Gasteiger partial charge on any atom is -0.497 e. The van der Waals surface area contributed by atoms with Crippen molar-refractivity contribution in [3.05, 3.63) is 30.2 Å². The summed E-state index contributed by atoms with van der Waals surface area (Å²) in [6.45, 7) is 3.39. The Morgan fingerprint density at radius 2 is 1.83 bits per heavy atom. The number of methoxy groups -OCH3 is 3. The number of aromatic nitrogens is 2. The van der Waals surface area contributed by atoms with Crippen molar-refractivity contribution in [1.29, 1.82) is 0 Å². The van der Waals surface area contributed by atoms with Crippen molar-refractivity contribution in [2.45, 2.75) is 6.54 Å². The Balaban J connectivity index is 2.04. The van der Waals surface area contributed by atoms with E-state index in [-0.39, 0.29) is 0 Å². The SMILES string of the molecule is COCCN(CCOC)Cc1nc(-c2cccc(OC)c2)no1. The van der Waals surface area contributed by atoms with Crippen LogP contribution in [0, 0.1) is 0 Å². The molecular weight excluding hydrogens is 298 g/mol. The fourth-order valence-corrected chi connectivity index (χ4v) is 2.10. The second-order valence-corrected chi connectivity index (χ2v) is 5.01. The molecule has 0 unspecified atom stereocenters. The van der Waals surface area contributed by atoms with Crippen molar-refractivity contribution < 1.29 is 18.7 Å². The van der Waals surface area contributed by atoms with Crippen LogP contribution >= 0.6 is 0 Å². The molecule has 0 N–H and O–H groups in total. The van der Waals surface area contributed by atoms with Crippen molar-refractivity contribution in [1.82, 2.24) is 15.0 Å². The Kier molecular flexibility index (Phi) is 6.99. The Labute approximate surface area is 136 Å². The third-order valence-corrected chi connectivity index (χ3v) is 3.38. The smallest absolute Gasteiger partial charge is 0.241 e. The maximum absolute atomic E-state index is 5.36. The average molecular weight is 321 g/mol. The van der Waals surface area contributed by atoms with Crippen LogP contribution in [0.2, 0.25) is 0 Å². The number of ether oxygens (including phenoxy) is 3. The van der Waals surface area contributed by atoms with E-state index in [1.165, 1.54) is 0 Å². The van der Waals surface area contributed by atoms with E-state index in [0.29, 0.717) is 31.5 Å². The Bertz CT molecular complexity index is 580. The van der Waals surface area contributed by atoms with Crippen LogP contribution in [-0.4, -0.2) is 62.7 Å². The molecule has 7 heteroatoms. The number of hydrogen-bond donors (Lipinski definition) is 0. The molecule has 0 amide bonds. The first-order valence-corrected chi connectivity index (χ1v) is 7.44. The zero-order valence-corrected chi connectivity index (χ0v) is 13.8. The highest BCUT2D eigenvalue weighted by Crippen LogP contribution is 2.21. The zero-order valence-electron chi connectivity index (χ0n) is 13.8. The maximum Gasteiger partial charge on any atom is 0.241 e. The van der Waals surface area contributed by atoms with Gasteiger partial charge in [0.2, 0.25) is 11.7 Å². The first kappa shape index (κ1) is 17.4. The molecule has 0 aliphatic carbocycles. The van der Waals surface area contributed by atoms with E-state index in [0.717, 1.165) is 24.4 Å². The van der Waals surface area contributed by atoms with Crippen LogP contribution in [0.25, 0.3) is 11.4 Å². The number of benzene rings is 1. The minimum absolute atomic E-state index is 0.553. The van der Waals surface area contributed by atoms with Crippen molar-refractivity contribution in [3.63, 3.8) is 0 Å². The Morgan fingerprint density at radius 3 is 2.48 bits per heavy atom. The topological polar surface area (TPSA) is 69.9 Å². The van der Waals surface area contributed by atoms with Gasteiger partial charge in [0.05, 0.1) is 26.9 Å². The molecule has 23 heavy (non-hydrogen) atoms. The van der Waals surface area contributed by atoms with Gasteiger partial charge in [-0.25, -0.2) is 0 Å². The zero-order chi connectivity index (χ0) is 16.5. The van der Waals surface area contributed by atoms with Crippen LogP contribution in [-0.2, 0) is 16.0 Å². The van der Waals surface area contributed by atoms with Gasteiger partial charge in [-0.1, -0.05) is 17.3 Å². The second-order valence-electron chi connectivity index (χ2n) is 5.01. The highest BCUT2D eigenvalue weighted by atomic mass is 16.5. The molecule has 126 valence electrons. The lowest BCUT2D eigenvalue weighted by molar-refractivity contribution is 0.103. The van der Waals surface area contributed by atoms with E-state index in [4.69, 9.17) is 18.7 Å². The Morgan fingerprint density at radius 1 is 1.09 bits per heavy atom. The molecule has 1 aromatic heterocycles. The quantitative estimate of drug-likeness (QED) is 0.661. The highest BCUT2D eigenvalue weighted by molar-refractivity contribution is 5.56. The van der Waals surface area contributed by atoms with Crippen molar-refractivity contribution in [2.75, 3.05) is 47.6 Å². The first-order valence-electron chi connectivity index (χ1n) is 7.44. The van der Waals surface area contributed by atoms with E-state index < -0.39 is 0 Å². The lowest BCUT2D eigenvalue weighted by atomic mass is 10.2. The van der Waals surface area contributed by atoms with Gasteiger partial charge in [0.1, 0.15) is 5.75 Å². The van der Waals surface area contributed by atoms with Crippen LogP contribution in [0.1, 0.15) is 5.89 Å². The summed E-state index contributed by atoms with van der Waals surface area (Å²) in [4.78, 5) is 6.60. The van der Waals surface area contributed by atoms with Gasteiger partial charge in [-0.3, -0.25) is 4.90 Å². The third-order valence-electron chi connectivity index (χ3n) is 3.38. The summed E-state index contributed by atoms with van der Waals surface area (Å²) in [5.41, 5.74) is 0.861. The van der Waals surface area contributed by atoms with E-state index in [2.05, 4.69) is 15.0 Å². The number of nitrogens with zero attached hydrogens (tertiary/aromatic N) is 3.